The molecule has 0 bridgehead atoms. The molecule has 0 spiro atoms. The normalized spacial score (nSPS) is 11.5. The fourth-order valence-corrected chi connectivity index (χ4v) is 2.22. The summed E-state index contributed by atoms with van der Waals surface area (Å²) in [6.45, 7) is 0.0990. The summed E-state index contributed by atoms with van der Waals surface area (Å²) in [5, 5.41) is 12.0. The van der Waals surface area contributed by atoms with E-state index in [2.05, 4.69) is 23.6 Å². The van der Waals surface area contributed by atoms with Gasteiger partial charge in [0.25, 0.3) is 0 Å². The van der Waals surface area contributed by atoms with Gasteiger partial charge < -0.3 is 5.11 Å². The molecule has 66 valence electrons. The molecule has 0 aliphatic heterocycles. The highest BCUT2D eigenvalue weighted by atomic mass is 32.1. The van der Waals surface area contributed by atoms with Crippen LogP contribution in [0.4, 0.5) is 0 Å². The molecule has 0 unspecified atom stereocenters. The molecule has 0 saturated heterocycles. The molecule has 0 saturated carbocycles. The third-order valence-corrected chi connectivity index (χ3v) is 2.89. The van der Waals surface area contributed by atoms with E-state index >= 15 is 0 Å². The molecule has 2 rings (SSSR count). The van der Waals surface area contributed by atoms with E-state index < -0.39 is 0 Å². The fourth-order valence-electron chi connectivity index (χ4n) is 1.33. The van der Waals surface area contributed by atoms with Gasteiger partial charge in [0.05, 0.1) is 6.61 Å². The molecule has 0 atom stereocenters. The van der Waals surface area contributed by atoms with Gasteiger partial charge in [-0.25, -0.2) is 0 Å². The maximum Gasteiger partial charge on any atom is 0.0615 e. The second-order valence-corrected chi connectivity index (χ2v) is 3.69. The number of fused-ring (bicyclic) bond motifs is 1. The van der Waals surface area contributed by atoms with Crippen molar-refractivity contribution in [2.24, 2.45) is 0 Å². The van der Waals surface area contributed by atoms with Crippen LogP contribution in [0, 0.1) is 0 Å². The van der Waals surface area contributed by atoms with Crippen LogP contribution in [0.3, 0.4) is 0 Å². The average Bonchev–Trinajstić information content (AvgIpc) is 2.62. The lowest BCUT2D eigenvalue weighted by Gasteiger charge is -1.94. The minimum atomic E-state index is 0.0990. The van der Waals surface area contributed by atoms with Crippen LogP contribution in [0.2, 0.25) is 0 Å². The summed E-state index contributed by atoms with van der Waals surface area (Å²) >= 11 is 1.73. The Balaban J connectivity index is 2.54. The number of benzene rings is 1. The Morgan fingerprint density at radius 1 is 1.31 bits per heavy atom. The quantitative estimate of drug-likeness (QED) is 0.772. The highest BCUT2D eigenvalue weighted by Gasteiger charge is 1.97. The Hall–Kier alpha value is -1.12. The van der Waals surface area contributed by atoms with E-state index in [1.807, 2.05) is 12.1 Å². The SMILES string of the molecule is OCC=Cc1cccc2ccsc12. The minimum Gasteiger partial charge on any atom is -0.392 e. The average molecular weight is 190 g/mol. The van der Waals surface area contributed by atoms with Crippen molar-refractivity contribution in [1.29, 1.82) is 0 Å². The summed E-state index contributed by atoms with van der Waals surface area (Å²) in [6.07, 6.45) is 3.72. The molecule has 1 aromatic heterocycles. The summed E-state index contributed by atoms with van der Waals surface area (Å²) in [5.74, 6) is 0. The van der Waals surface area contributed by atoms with E-state index in [1.54, 1.807) is 17.4 Å². The molecule has 1 nitrogen and oxygen atoms in total. The molecular formula is C11H10OS. The summed E-state index contributed by atoms with van der Waals surface area (Å²) in [5.41, 5.74) is 1.18. The van der Waals surface area contributed by atoms with Gasteiger partial charge in [0.2, 0.25) is 0 Å². The number of hydrogen-bond acceptors (Lipinski definition) is 2. The van der Waals surface area contributed by atoms with Crippen molar-refractivity contribution in [3.63, 3.8) is 0 Å². The van der Waals surface area contributed by atoms with E-state index in [0.29, 0.717) is 0 Å². The van der Waals surface area contributed by atoms with Crippen LogP contribution in [-0.2, 0) is 0 Å². The lowest BCUT2D eigenvalue weighted by Crippen LogP contribution is -1.74. The van der Waals surface area contributed by atoms with Gasteiger partial charge in [-0.3, -0.25) is 0 Å². The van der Waals surface area contributed by atoms with Gasteiger partial charge in [0.15, 0.2) is 0 Å². The van der Waals surface area contributed by atoms with E-state index in [4.69, 9.17) is 5.11 Å². The van der Waals surface area contributed by atoms with Gasteiger partial charge in [0.1, 0.15) is 0 Å². The molecule has 1 N–H and O–H groups in total. The zero-order valence-electron chi connectivity index (χ0n) is 7.10. The predicted molar refractivity (Wildman–Crippen MR) is 57.9 cm³/mol. The fraction of sp³-hybridized carbons (Fsp3) is 0.0909. The minimum absolute atomic E-state index is 0.0990. The maximum atomic E-state index is 8.67. The zero-order valence-corrected chi connectivity index (χ0v) is 7.92. The van der Waals surface area contributed by atoms with Crippen LogP contribution in [0.25, 0.3) is 16.2 Å². The first-order chi connectivity index (χ1) is 6.42. The summed E-state index contributed by atoms with van der Waals surface area (Å²) in [7, 11) is 0. The number of hydrogen-bond donors (Lipinski definition) is 1. The molecule has 0 radical (unpaired) electrons. The predicted octanol–water partition coefficient (Wildman–Crippen LogP) is 2.91. The van der Waals surface area contributed by atoms with Gasteiger partial charge in [-0.15, -0.1) is 11.3 Å². The monoisotopic (exact) mass is 190 g/mol. The Labute approximate surface area is 81.0 Å². The standard InChI is InChI=1S/C11H10OS/c12-7-2-5-9-3-1-4-10-6-8-13-11(9)10/h1-6,8,12H,7H2. The first kappa shape index (κ1) is 8.48. The van der Waals surface area contributed by atoms with Crippen molar-refractivity contribution in [2.45, 2.75) is 0 Å². The van der Waals surface area contributed by atoms with Crippen molar-refractivity contribution < 1.29 is 5.11 Å². The molecule has 0 aliphatic rings. The smallest absolute Gasteiger partial charge is 0.0615 e. The van der Waals surface area contributed by atoms with Crippen LogP contribution >= 0.6 is 11.3 Å². The molecule has 13 heavy (non-hydrogen) atoms. The Bertz CT molecular complexity index is 428. The maximum absolute atomic E-state index is 8.67. The van der Waals surface area contributed by atoms with Gasteiger partial charge in [-0.05, 0) is 22.4 Å². The van der Waals surface area contributed by atoms with Gasteiger partial charge in [-0.1, -0.05) is 30.4 Å². The van der Waals surface area contributed by atoms with Crippen LogP contribution in [0.1, 0.15) is 5.56 Å². The summed E-state index contributed by atoms with van der Waals surface area (Å²) in [6, 6.07) is 8.30. The van der Waals surface area contributed by atoms with Crippen LogP contribution in [0.5, 0.6) is 0 Å². The Morgan fingerprint density at radius 2 is 2.23 bits per heavy atom. The number of thiophene rings is 1. The summed E-state index contributed by atoms with van der Waals surface area (Å²) in [4.78, 5) is 0. The Morgan fingerprint density at radius 3 is 3.08 bits per heavy atom. The third-order valence-electron chi connectivity index (χ3n) is 1.91. The van der Waals surface area contributed by atoms with Gasteiger partial charge >= 0.3 is 0 Å². The third kappa shape index (κ3) is 1.64. The first-order valence-electron chi connectivity index (χ1n) is 4.15. The first-order valence-corrected chi connectivity index (χ1v) is 5.03. The van der Waals surface area contributed by atoms with Crippen molar-refractivity contribution in [3.05, 3.63) is 41.3 Å². The van der Waals surface area contributed by atoms with Crippen molar-refractivity contribution >= 4 is 27.5 Å². The van der Waals surface area contributed by atoms with E-state index in [1.165, 1.54) is 15.6 Å². The summed E-state index contributed by atoms with van der Waals surface area (Å²) < 4.78 is 1.28. The molecule has 0 aliphatic carbocycles. The van der Waals surface area contributed by atoms with Crippen molar-refractivity contribution in [2.75, 3.05) is 6.61 Å². The molecule has 2 heteroatoms. The van der Waals surface area contributed by atoms with Gasteiger partial charge in [-0.2, -0.15) is 0 Å². The highest BCUT2D eigenvalue weighted by Crippen LogP contribution is 2.25. The molecular weight excluding hydrogens is 180 g/mol. The highest BCUT2D eigenvalue weighted by molar-refractivity contribution is 7.17. The van der Waals surface area contributed by atoms with Crippen LogP contribution < -0.4 is 0 Å². The van der Waals surface area contributed by atoms with Crippen molar-refractivity contribution in [1.82, 2.24) is 0 Å². The van der Waals surface area contributed by atoms with Crippen LogP contribution in [0.15, 0.2) is 35.7 Å². The second kappa shape index (κ2) is 3.73. The molecule has 1 aromatic carbocycles. The van der Waals surface area contributed by atoms with E-state index in [-0.39, 0.29) is 6.61 Å². The number of aliphatic hydroxyl groups is 1. The largest absolute Gasteiger partial charge is 0.392 e. The Kier molecular flexibility index (Phi) is 2.43. The molecule has 0 fully saturated rings. The van der Waals surface area contributed by atoms with Gasteiger partial charge in [0, 0.05) is 4.70 Å². The van der Waals surface area contributed by atoms with E-state index in [9.17, 15) is 0 Å². The topological polar surface area (TPSA) is 20.2 Å². The zero-order chi connectivity index (χ0) is 9.10. The van der Waals surface area contributed by atoms with E-state index in [0.717, 1.165) is 0 Å². The lowest BCUT2D eigenvalue weighted by atomic mass is 10.1. The molecule has 1 heterocycles. The second-order valence-electron chi connectivity index (χ2n) is 2.77. The van der Waals surface area contributed by atoms with Crippen LogP contribution in [-0.4, -0.2) is 11.7 Å². The number of aliphatic hydroxyl groups excluding tert-OH is 1. The molecule has 2 aromatic rings. The lowest BCUT2D eigenvalue weighted by molar-refractivity contribution is 0.343. The van der Waals surface area contributed by atoms with Crippen molar-refractivity contribution in [3.8, 4) is 0 Å². The number of rotatable bonds is 2. The molecule has 0 amide bonds.